The zero-order chi connectivity index (χ0) is 10.7. The average molecular weight is 204 g/mol. The molecule has 1 aliphatic heterocycles. The summed E-state index contributed by atoms with van der Waals surface area (Å²) in [5, 5.41) is 3.47. The zero-order valence-electron chi connectivity index (χ0n) is 9.37. The van der Waals surface area contributed by atoms with Crippen molar-refractivity contribution in [1.82, 2.24) is 5.32 Å². The number of rotatable bonds is 2. The minimum Gasteiger partial charge on any atom is -0.326 e. The van der Waals surface area contributed by atoms with Crippen LogP contribution in [0, 0.1) is 5.92 Å². The first-order chi connectivity index (χ1) is 7.31. The highest BCUT2D eigenvalue weighted by Crippen LogP contribution is 2.28. The molecule has 0 saturated carbocycles. The van der Waals surface area contributed by atoms with E-state index in [2.05, 4.69) is 36.5 Å². The van der Waals surface area contributed by atoms with Crippen molar-refractivity contribution >= 4 is 0 Å². The SMILES string of the molecule is CC1CCNCC1c1ccc(CN)cc1. The van der Waals surface area contributed by atoms with Crippen molar-refractivity contribution in [3.63, 3.8) is 0 Å². The number of benzene rings is 1. The van der Waals surface area contributed by atoms with Crippen molar-refractivity contribution in [2.45, 2.75) is 25.8 Å². The van der Waals surface area contributed by atoms with E-state index in [0.29, 0.717) is 12.5 Å². The van der Waals surface area contributed by atoms with Gasteiger partial charge in [-0.2, -0.15) is 0 Å². The van der Waals surface area contributed by atoms with E-state index in [-0.39, 0.29) is 0 Å². The fourth-order valence-electron chi connectivity index (χ4n) is 2.34. The van der Waals surface area contributed by atoms with Gasteiger partial charge in [-0.3, -0.25) is 0 Å². The van der Waals surface area contributed by atoms with Gasteiger partial charge in [0.1, 0.15) is 0 Å². The van der Waals surface area contributed by atoms with Crippen LogP contribution < -0.4 is 11.1 Å². The molecule has 3 N–H and O–H groups in total. The molecule has 0 radical (unpaired) electrons. The van der Waals surface area contributed by atoms with Crippen molar-refractivity contribution in [1.29, 1.82) is 0 Å². The minimum atomic E-state index is 0.638. The van der Waals surface area contributed by atoms with Crippen LogP contribution in [0.25, 0.3) is 0 Å². The van der Waals surface area contributed by atoms with Gasteiger partial charge in [-0.1, -0.05) is 31.2 Å². The molecule has 2 rings (SSSR count). The largest absolute Gasteiger partial charge is 0.326 e. The third-order valence-electron chi connectivity index (χ3n) is 3.47. The van der Waals surface area contributed by atoms with E-state index in [1.807, 2.05) is 0 Å². The van der Waals surface area contributed by atoms with Crippen molar-refractivity contribution in [3.8, 4) is 0 Å². The molecule has 0 aliphatic carbocycles. The Labute approximate surface area is 91.9 Å². The predicted octanol–water partition coefficient (Wildman–Crippen LogP) is 1.86. The van der Waals surface area contributed by atoms with E-state index in [9.17, 15) is 0 Å². The molecule has 0 bridgehead atoms. The van der Waals surface area contributed by atoms with Gasteiger partial charge in [-0.15, -0.1) is 0 Å². The van der Waals surface area contributed by atoms with Crippen molar-refractivity contribution in [3.05, 3.63) is 35.4 Å². The molecule has 1 heterocycles. The van der Waals surface area contributed by atoms with Gasteiger partial charge in [0.15, 0.2) is 0 Å². The first-order valence-corrected chi connectivity index (χ1v) is 5.81. The Bertz CT molecular complexity index is 305. The summed E-state index contributed by atoms with van der Waals surface area (Å²) in [4.78, 5) is 0. The van der Waals surface area contributed by atoms with Crippen molar-refractivity contribution < 1.29 is 0 Å². The molecule has 0 spiro atoms. The van der Waals surface area contributed by atoms with Crippen LogP contribution >= 0.6 is 0 Å². The summed E-state index contributed by atoms with van der Waals surface area (Å²) in [6.45, 7) is 5.27. The smallest absolute Gasteiger partial charge is 0.0178 e. The standard InChI is InChI=1S/C13H20N2/c1-10-6-7-15-9-13(10)12-4-2-11(8-14)3-5-12/h2-5,10,13,15H,6-9,14H2,1H3. The van der Waals surface area contributed by atoms with Crippen LogP contribution in [0.5, 0.6) is 0 Å². The normalized spacial score (nSPS) is 26.5. The van der Waals surface area contributed by atoms with Crippen LogP contribution in [-0.4, -0.2) is 13.1 Å². The summed E-state index contributed by atoms with van der Waals surface area (Å²) >= 11 is 0. The highest BCUT2D eigenvalue weighted by atomic mass is 14.9. The molecule has 15 heavy (non-hydrogen) atoms. The summed E-state index contributed by atoms with van der Waals surface area (Å²) in [7, 11) is 0. The van der Waals surface area contributed by atoms with Crippen LogP contribution in [-0.2, 0) is 6.54 Å². The summed E-state index contributed by atoms with van der Waals surface area (Å²) in [6, 6.07) is 8.76. The Morgan fingerprint density at radius 1 is 1.33 bits per heavy atom. The third kappa shape index (κ3) is 2.39. The van der Waals surface area contributed by atoms with E-state index in [1.165, 1.54) is 24.1 Å². The van der Waals surface area contributed by atoms with Crippen LogP contribution in [0.4, 0.5) is 0 Å². The van der Waals surface area contributed by atoms with Crippen LogP contribution in [0.2, 0.25) is 0 Å². The van der Waals surface area contributed by atoms with E-state index in [1.54, 1.807) is 0 Å². The lowest BCUT2D eigenvalue weighted by atomic mass is 9.82. The Morgan fingerprint density at radius 2 is 2.07 bits per heavy atom. The summed E-state index contributed by atoms with van der Waals surface area (Å²) in [6.07, 6.45) is 1.28. The van der Waals surface area contributed by atoms with Crippen molar-refractivity contribution in [2.24, 2.45) is 11.7 Å². The fourth-order valence-corrected chi connectivity index (χ4v) is 2.34. The van der Waals surface area contributed by atoms with Gasteiger partial charge in [0, 0.05) is 13.1 Å². The van der Waals surface area contributed by atoms with E-state index in [4.69, 9.17) is 5.73 Å². The lowest BCUT2D eigenvalue weighted by Gasteiger charge is -2.30. The molecular weight excluding hydrogens is 184 g/mol. The molecule has 0 amide bonds. The number of hydrogen-bond donors (Lipinski definition) is 2. The Hall–Kier alpha value is -0.860. The molecular formula is C13H20N2. The highest BCUT2D eigenvalue weighted by molar-refractivity contribution is 5.26. The molecule has 1 saturated heterocycles. The third-order valence-corrected chi connectivity index (χ3v) is 3.47. The second-order valence-corrected chi connectivity index (χ2v) is 4.52. The molecule has 1 aromatic rings. The van der Waals surface area contributed by atoms with Gasteiger partial charge in [-0.05, 0) is 35.9 Å². The lowest BCUT2D eigenvalue weighted by Crippen LogP contribution is -2.33. The molecule has 2 atom stereocenters. The molecule has 0 aromatic heterocycles. The molecule has 1 aromatic carbocycles. The zero-order valence-corrected chi connectivity index (χ0v) is 9.37. The van der Waals surface area contributed by atoms with Gasteiger partial charge < -0.3 is 11.1 Å². The monoisotopic (exact) mass is 204 g/mol. The van der Waals surface area contributed by atoms with Gasteiger partial charge >= 0.3 is 0 Å². The number of nitrogens with one attached hydrogen (secondary N) is 1. The first-order valence-electron chi connectivity index (χ1n) is 5.81. The van der Waals surface area contributed by atoms with Crippen LogP contribution in [0.3, 0.4) is 0 Å². The number of nitrogens with two attached hydrogens (primary N) is 1. The van der Waals surface area contributed by atoms with Crippen molar-refractivity contribution in [2.75, 3.05) is 13.1 Å². The molecule has 2 unspecified atom stereocenters. The van der Waals surface area contributed by atoms with E-state index in [0.717, 1.165) is 12.5 Å². The molecule has 2 heteroatoms. The molecule has 82 valence electrons. The van der Waals surface area contributed by atoms with Crippen LogP contribution in [0.1, 0.15) is 30.4 Å². The minimum absolute atomic E-state index is 0.638. The van der Waals surface area contributed by atoms with Gasteiger partial charge in [0.25, 0.3) is 0 Å². The first kappa shape index (κ1) is 10.7. The Kier molecular flexibility index (Phi) is 3.39. The maximum absolute atomic E-state index is 5.59. The predicted molar refractivity (Wildman–Crippen MR) is 63.7 cm³/mol. The Morgan fingerprint density at radius 3 is 2.67 bits per heavy atom. The van der Waals surface area contributed by atoms with Gasteiger partial charge in [-0.25, -0.2) is 0 Å². The van der Waals surface area contributed by atoms with Gasteiger partial charge in [0.05, 0.1) is 0 Å². The topological polar surface area (TPSA) is 38.0 Å². The fraction of sp³-hybridized carbons (Fsp3) is 0.538. The molecule has 1 fully saturated rings. The average Bonchev–Trinajstić information content (AvgIpc) is 2.30. The van der Waals surface area contributed by atoms with Gasteiger partial charge in [0.2, 0.25) is 0 Å². The van der Waals surface area contributed by atoms with E-state index >= 15 is 0 Å². The second-order valence-electron chi connectivity index (χ2n) is 4.52. The summed E-state index contributed by atoms with van der Waals surface area (Å²) in [5.74, 6) is 1.46. The molecule has 1 aliphatic rings. The Balaban J connectivity index is 2.13. The summed E-state index contributed by atoms with van der Waals surface area (Å²) < 4.78 is 0. The maximum atomic E-state index is 5.59. The highest BCUT2D eigenvalue weighted by Gasteiger charge is 2.22. The summed E-state index contributed by atoms with van der Waals surface area (Å²) in [5.41, 5.74) is 8.26. The lowest BCUT2D eigenvalue weighted by molar-refractivity contribution is 0.348. The number of hydrogen-bond acceptors (Lipinski definition) is 2. The maximum Gasteiger partial charge on any atom is 0.0178 e. The number of piperidine rings is 1. The van der Waals surface area contributed by atoms with E-state index < -0.39 is 0 Å². The molecule has 2 nitrogen and oxygen atoms in total. The van der Waals surface area contributed by atoms with Crippen LogP contribution in [0.15, 0.2) is 24.3 Å². The quantitative estimate of drug-likeness (QED) is 0.771. The second kappa shape index (κ2) is 4.77.